The lowest BCUT2D eigenvalue weighted by molar-refractivity contribution is -0.134. The molecule has 0 radical (unpaired) electrons. The SMILES string of the molecule is CC(=O)O.C[C@@H]1CNCCN1c1nccnc1OCCOc1cccnc1. The lowest BCUT2D eigenvalue weighted by Gasteiger charge is -2.35. The van der Waals surface area contributed by atoms with Crippen molar-refractivity contribution in [2.75, 3.05) is 37.7 Å². The van der Waals surface area contributed by atoms with Gasteiger partial charge in [0, 0.05) is 51.2 Å². The van der Waals surface area contributed by atoms with Gasteiger partial charge in [-0.15, -0.1) is 0 Å². The summed E-state index contributed by atoms with van der Waals surface area (Å²) in [7, 11) is 0. The molecule has 0 saturated carbocycles. The molecule has 1 atom stereocenters. The normalized spacial score (nSPS) is 16.1. The van der Waals surface area contributed by atoms with Crippen molar-refractivity contribution in [3.8, 4) is 11.6 Å². The summed E-state index contributed by atoms with van der Waals surface area (Å²) in [5, 5.41) is 10.8. The van der Waals surface area contributed by atoms with Gasteiger partial charge in [0.15, 0.2) is 5.82 Å². The van der Waals surface area contributed by atoms with Crippen LogP contribution in [0.1, 0.15) is 13.8 Å². The fourth-order valence-electron chi connectivity index (χ4n) is 2.50. The van der Waals surface area contributed by atoms with Crippen molar-refractivity contribution in [2.24, 2.45) is 0 Å². The number of rotatable bonds is 6. The maximum absolute atomic E-state index is 9.00. The average Bonchev–Trinajstić information content (AvgIpc) is 2.67. The van der Waals surface area contributed by atoms with E-state index in [1.54, 1.807) is 24.8 Å². The summed E-state index contributed by atoms with van der Waals surface area (Å²) < 4.78 is 11.4. The molecule has 2 aromatic rings. The number of nitrogens with zero attached hydrogens (tertiary/aromatic N) is 4. The van der Waals surface area contributed by atoms with Gasteiger partial charge in [-0.3, -0.25) is 9.78 Å². The van der Waals surface area contributed by atoms with E-state index in [4.69, 9.17) is 19.4 Å². The molecule has 2 N–H and O–H groups in total. The fourth-order valence-corrected chi connectivity index (χ4v) is 2.50. The molecule has 1 saturated heterocycles. The largest absolute Gasteiger partial charge is 0.488 e. The maximum atomic E-state index is 9.00. The Balaban J connectivity index is 0.000000596. The van der Waals surface area contributed by atoms with Gasteiger partial charge in [-0.25, -0.2) is 9.97 Å². The van der Waals surface area contributed by atoms with E-state index < -0.39 is 5.97 Å². The number of carbonyl (C=O) groups is 1. The summed E-state index contributed by atoms with van der Waals surface area (Å²) in [4.78, 5) is 24.0. The van der Waals surface area contributed by atoms with Crippen molar-refractivity contribution in [1.82, 2.24) is 20.3 Å². The molecule has 9 nitrogen and oxygen atoms in total. The molecule has 0 aliphatic carbocycles. The van der Waals surface area contributed by atoms with Crippen LogP contribution in [0.2, 0.25) is 0 Å². The second-order valence-corrected chi connectivity index (χ2v) is 5.84. The van der Waals surface area contributed by atoms with Crippen molar-refractivity contribution in [2.45, 2.75) is 19.9 Å². The van der Waals surface area contributed by atoms with Crippen molar-refractivity contribution >= 4 is 11.8 Å². The van der Waals surface area contributed by atoms with Gasteiger partial charge in [0.1, 0.15) is 19.0 Å². The topological polar surface area (TPSA) is 110 Å². The highest BCUT2D eigenvalue weighted by atomic mass is 16.5. The Bertz CT molecular complexity index is 697. The molecule has 3 rings (SSSR count). The van der Waals surface area contributed by atoms with Gasteiger partial charge in [-0.2, -0.15) is 0 Å². The number of hydrogen-bond acceptors (Lipinski definition) is 8. The molecule has 0 unspecified atom stereocenters. The Kier molecular flexibility index (Phi) is 8.24. The highest BCUT2D eigenvalue weighted by Gasteiger charge is 2.23. The molecule has 27 heavy (non-hydrogen) atoms. The van der Waals surface area contributed by atoms with Crippen molar-refractivity contribution < 1.29 is 19.4 Å². The van der Waals surface area contributed by atoms with Gasteiger partial charge in [-0.05, 0) is 19.1 Å². The number of carboxylic acids is 1. The van der Waals surface area contributed by atoms with E-state index in [9.17, 15) is 0 Å². The van der Waals surface area contributed by atoms with Crippen LogP contribution in [-0.2, 0) is 4.79 Å². The predicted molar refractivity (Wildman–Crippen MR) is 100 cm³/mol. The third kappa shape index (κ3) is 7.06. The summed E-state index contributed by atoms with van der Waals surface area (Å²) in [6, 6.07) is 4.06. The quantitative estimate of drug-likeness (QED) is 0.720. The van der Waals surface area contributed by atoms with E-state index in [0.717, 1.165) is 38.1 Å². The standard InChI is InChI=1S/C16H21N5O2.C2H4O2/c1-13-11-18-7-8-21(13)15-16(20-6-5-19-15)23-10-9-22-14-3-2-4-17-12-14;1-2(3)4/h2-6,12-13,18H,7-11H2,1H3;1H3,(H,3,4)/t13-;/m1./s1. The van der Waals surface area contributed by atoms with Crippen LogP contribution < -0.4 is 19.7 Å². The molecule has 2 aromatic heterocycles. The number of nitrogens with one attached hydrogen (secondary N) is 1. The third-order valence-electron chi connectivity index (χ3n) is 3.65. The number of anilines is 1. The number of piperazine rings is 1. The Morgan fingerprint density at radius 3 is 2.74 bits per heavy atom. The van der Waals surface area contributed by atoms with Gasteiger partial charge < -0.3 is 24.8 Å². The Labute approximate surface area is 158 Å². The number of aliphatic carboxylic acids is 1. The molecular formula is C18H25N5O4. The molecule has 0 bridgehead atoms. The highest BCUT2D eigenvalue weighted by molar-refractivity contribution is 5.62. The smallest absolute Gasteiger partial charge is 0.300 e. The van der Waals surface area contributed by atoms with Crippen molar-refractivity contribution in [3.05, 3.63) is 36.9 Å². The van der Waals surface area contributed by atoms with Gasteiger partial charge in [0.25, 0.3) is 11.8 Å². The van der Waals surface area contributed by atoms with Crippen LogP contribution >= 0.6 is 0 Å². The number of pyridine rings is 1. The lowest BCUT2D eigenvalue weighted by Crippen LogP contribution is -2.50. The first kappa shape index (κ1) is 20.4. The molecule has 9 heteroatoms. The molecule has 1 fully saturated rings. The van der Waals surface area contributed by atoms with Crippen LogP contribution in [0, 0.1) is 0 Å². The molecule has 0 amide bonds. The summed E-state index contributed by atoms with van der Waals surface area (Å²) in [6.45, 7) is 6.84. The third-order valence-corrected chi connectivity index (χ3v) is 3.65. The molecular weight excluding hydrogens is 350 g/mol. The molecule has 0 spiro atoms. The van der Waals surface area contributed by atoms with Crippen LogP contribution in [0.5, 0.6) is 11.6 Å². The fraction of sp³-hybridized carbons (Fsp3) is 0.444. The number of aromatic nitrogens is 3. The zero-order valence-electron chi connectivity index (χ0n) is 15.5. The van der Waals surface area contributed by atoms with E-state index in [1.165, 1.54) is 0 Å². The van der Waals surface area contributed by atoms with Crippen molar-refractivity contribution in [1.29, 1.82) is 0 Å². The van der Waals surface area contributed by atoms with Gasteiger partial charge in [0.2, 0.25) is 0 Å². The summed E-state index contributed by atoms with van der Waals surface area (Å²) >= 11 is 0. The minimum Gasteiger partial charge on any atom is -0.488 e. The maximum Gasteiger partial charge on any atom is 0.300 e. The minimum absolute atomic E-state index is 0.356. The highest BCUT2D eigenvalue weighted by Crippen LogP contribution is 2.25. The van der Waals surface area contributed by atoms with Gasteiger partial charge in [-0.1, -0.05) is 0 Å². The molecule has 146 valence electrons. The van der Waals surface area contributed by atoms with Gasteiger partial charge in [0.05, 0.1) is 6.20 Å². The molecule has 0 aromatic carbocycles. The van der Waals surface area contributed by atoms with Crippen molar-refractivity contribution in [3.63, 3.8) is 0 Å². The van der Waals surface area contributed by atoms with Crippen LogP contribution in [0.4, 0.5) is 5.82 Å². The first-order valence-electron chi connectivity index (χ1n) is 8.71. The predicted octanol–water partition coefficient (Wildman–Crippen LogP) is 1.22. The van der Waals surface area contributed by atoms with Crippen LogP contribution in [0.3, 0.4) is 0 Å². The molecule has 1 aliphatic heterocycles. The Morgan fingerprint density at radius 1 is 1.30 bits per heavy atom. The summed E-state index contributed by atoms with van der Waals surface area (Å²) in [5.74, 6) is 1.24. The van der Waals surface area contributed by atoms with E-state index in [2.05, 4.69) is 32.1 Å². The van der Waals surface area contributed by atoms with E-state index in [-0.39, 0.29) is 0 Å². The average molecular weight is 375 g/mol. The Hall–Kier alpha value is -2.94. The second kappa shape index (κ2) is 10.9. The first-order valence-corrected chi connectivity index (χ1v) is 8.71. The first-order chi connectivity index (χ1) is 13.1. The van der Waals surface area contributed by atoms with Crippen LogP contribution in [0.25, 0.3) is 0 Å². The summed E-state index contributed by atoms with van der Waals surface area (Å²) in [6.07, 6.45) is 6.73. The number of carboxylic acid groups (broad SMARTS) is 1. The van der Waals surface area contributed by atoms with E-state index >= 15 is 0 Å². The van der Waals surface area contributed by atoms with Crippen LogP contribution in [-0.4, -0.2) is 64.9 Å². The van der Waals surface area contributed by atoms with Crippen LogP contribution in [0.15, 0.2) is 36.9 Å². The number of hydrogen-bond donors (Lipinski definition) is 2. The zero-order chi connectivity index (χ0) is 19.5. The summed E-state index contributed by atoms with van der Waals surface area (Å²) in [5.41, 5.74) is 0. The molecule has 1 aliphatic rings. The van der Waals surface area contributed by atoms with Gasteiger partial charge >= 0.3 is 0 Å². The monoisotopic (exact) mass is 375 g/mol. The molecule has 3 heterocycles. The zero-order valence-corrected chi connectivity index (χ0v) is 15.5. The number of ether oxygens (including phenoxy) is 2. The lowest BCUT2D eigenvalue weighted by atomic mass is 10.2. The minimum atomic E-state index is -0.833. The Morgan fingerprint density at radius 2 is 2.04 bits per heavy atom. The van der Waals surface area contributed by atoms with E-state index in [0.29, 0.717) is 25.1 Å². The van der Waals surface area contributed by atoms with E-state index in [1.807, 2.05) is 12.1 Å². The second-order valence-electron chi connectivity index (χ2n) is 5.84.